The fraction of sp³-hybridized carbons (Fsp3) is 0.364. The predicted octanol–water partition coefficient (Wildman–Crippen LogP) is 3.20. The Balaban J connectivity index is 2.38. The van der Waals surface area contributed by atoms with Crippen molar-refractivity contribution in [3.8, 4) is 5.75 Å². The first-order valence-electron chi connectivity index (χ1n) is 4.77. The van der Waals surface area contributed by atoms with Gasteiger partial charge < -0.3 is 10.5 Å². The van der Waals surface area contributed by atoms with Crippen molar-refractivity contribution in [2.75, 3.05) is 6.61 Å². The van der Waals surface area contributed by atoms with Gasteiger partial charge in [0.2, 0.25) is 0 Å². The van der Waals surface area contributed by atoms with E-state index in [9.17, 15) is 0 Å². The van der Waals surface area contributed by atoms with Crippen molar-refractivity contribution in [3.63, 3.8) is 0 Å². The van der Waals surface area contributed by atoms with Crippen LogP contribution in [0.5, 0.6) is 5.75 Å². The molecule has 0 heterocycles. The van der Waals surface area contributed by atoms with Crippen LogP contribution in [-0.2, 0) is 0 Å². The molecule has 82 valence electrons. The van der Waals surface area contributed by atoms with Gasteiger partial charge in [-0.25, -0.2) is 0 Å². The number of thiocarbonyl (C=S) groups is 1. The highest BCUT2D eigenvalue weighted by molar-refractivity contribution is 9.10. The molecule has 1 rings (SSSR count). The third-order valence-corrected chi connectivity index (χ3v) is 3.06. The Labute approximate surface area is 104 Å². The molecule has 0 aromatic heterocycles. The maximum absolute atomic E-state index is 5.56. The molecule has 0 radical (unpaired) electrons. The van der Waals surface area contributed by atoms with Gasteiger partial charge in [0, 0.05) is 10.9 Å². The van der Waals surface area contributed by atoms with Crippen LogP contribution in [0.1, 0.15) is 18.4 Å². The lowest BCUT2D eigenvalue weighted by Gasteiger charge is -2.07. The Morgan fingerprint density at radius 3 is 2.87 bits per heavy atom. The van der Waals surface area contributed by atoms with Crippen molar-refractivity contribution in [2.24, 2.45) is 5.73 Å². The summed E-state index contributed by atoms with van der Waals surface area (Å²) in [6.07, 6.45) is 1.61. The van der Waals surface area contributed by atoms with Gasteiger partial charge in [-0.15, -0.1) is 0 Å². The van der Waals surface area contributed by atoms with Crippen LogP contribution in [0, 0.1) is 6.92 Å². The molecule has 0 saturated heterocycles. The number of halogens is 1. The van der Waals surface area contributed by atoms with Crippen LogP contribution < -0.4 is 10.5 Å². The van der Waals surface area contributed by atoms with E-state index in [1.165, 1.54) is 5.56 Å². The lowest BCUT2D eigenvalue weighted by Crippen LogP contribution is -2.09. The lowest BCUT2D eigenvalue weighted by atomic mass is 10.2. The molecule has 0 fully saturated rings. The summed E-state index contributed by atoms with van der Waals surface area (Å²) in [6.45, 7) is 2.68. The maximum atomic E-state index is 5.56. The minimum atomic E-state index is 0.547. The van der Waals surface area contributed by atoms with E-state index in [-0.39, 0.29) is 0 Å². The van der Waals surface area contributed by atoms with Gasteiger partial charge in [-0.1, -0.05) is 28.1 Å². The summed E-state index contributed by atoms with van der Waals surface area (Å²) >= 11 is 8.22. The molecular weight excluding hydrogens is 274 g/mol. The summed E-state index contributed by atoms with van der Waals surface area (Å²) in [4.78, 5) is 0.547. The van der Waals surface area contributed by atoms with E-state index >= 15 is 0 Å². The minimum Gasteiger partial charge on any atom is -0.494 e. The number of hydrogen-bond acceptors (Lipinski definition) is 2. The smallest absolute Gasteiger partial charge is 0.119 e. The van der Waals surface area contributed by atoms with Gasteiger partial charge in [0.1, 0.15) is 5.75 Å². The van der Waals surface area contributed by atoms with E-state index < -0.39 is 0 Å². The molecule has 1 aromatic carbocycles. The second-order valence-corrected chi connectivity index (χ2v) is 4.71. The van der Waals surface area contributed by atoms with Gasteiger partial charge in [0.15, 0.2) is 0 Å². The first-order valence-corrected chi connectivity index (χ1v) is 5.97. The SMILES string of the molecule is Cc1cc(OCCCC(N)=S)ccc1Br. The standard InChI is InChI=1S/C11H14BrNOS/c1-8-7-9(4-5-10(8)12)14-6-2-3-11(13)15/h4-5,7H,2-3,6H2,1H3,(H2,13,15). The van der Waals surface area contributed by atoms with Crippen LogP contribution in [0.2, 0.25) is 0 Å². The molecule has 0 atom stereocenters. The summed E-state index contributed by atoms with van der Waals surface area (Å²) in [7, 11) is 0. The highest BCUT2D eigenvalue weighted by Gasteiger charge is 1.98. The molecule has 0 spiro atoms. The largest absolute Gasteiger partial charge is 0.494 e. The average Bonchev–Trinajstić information content (AvgIpc) is 2.18. The van der Waals surface area contributed by atoms with Crippen LogP contribution >= 0.6 is 28.1 Å². The van der Waals surface area contributed by atoms with Gasteiger partial charge in [-0.05, 0) is 37.1 Å². The summed E-state index contributed by atoms with van der Waals surface area (Å²) < 4.78 is 6.65. The van der Waals surface area contributed by atoms with Crippen LogP contribution in [-0.4, -0.2) is 11.6 Å². The van der Waals surface area contributed by atoms with Crippen LogP contribution in [0.15, 0.2) is 22.7 Å². The van der Waals surface area contributed by atoms with Crippen LogP contribution in [0.4, 0.5) is 0 Å². The number of benzene rings is 1. The van der Waals surface area contributed by atoms with E-state index in [0.29, 0.717) is 11.6 Å². The normalized spacial score (nSPS) is 10.0. The fourth-order valence-electron chi connectivity index (χ4n) is 1.14. The zero-order valence-corrected chi connectivity index (χ0v) is 11.0. The van der Waals surface area contributed by atoms with Gasteiger partial charge in [-0.2, -0.15) is 0 Å². The van der Waals surface area contributed by atoms with Crippen molar-refractivity contribution in [2.45, 2.75) is 19.8 Å². The monoisotopic (exact) mass is 287 g/mol. The first kappa shape index (κ1) is 12.5. The quantitative estimate of drug-likeness (QED) is 0.667. The molecule has 0 aliphatic carbocycles. The third-order valence-electron chi connectivity index (χ3n) is 1.97. The van der Waals surface area contributed by atoms with E-state index in [1.807, 2.05) is 25.1 Å². The summed E-state index contributed by atoms with van der Waals surface area (Å²) in [5.41, 5.74) is 6.55. The number of hydrogen-bond donors (Lipinski definition) is 1. The van der Waals surface area contributed by atoms with Crippen molar-refractivity contribution >= 4 is 33.1 Å². The summed E-state index contributed by atoms with van der Waals surface area (Å²) in [5.74, 6) is 0.888. The highest BCUT2D eigenvalue weighted by atomic mass is 79.9. The zero-order chi connectivity index (χ0) is 11.3. The Morgan fingerprint density at radius 1 is 1.53 bits per heavy atom. The molecule has 0 amide bonds. The van der Waals surface area contributed by atoms with Crippen molar-refractivity contribution < 1.29 is 4.74 Å². The Kier molecular flexibility index (Phi) is 5.05. The Morgan fingerprint density at radius 2 is 2.27 bits per heavy atom. The minimum absolute atomic E-state index is 0.547. The molecule has 0 aliphatic heterocycles. The lowest BCUT2D eigenvalue weighted by molar-refractivity contribution is 0.313. The van der Waals surface area contributed by atoms with Gasteiger partial charge >= 0.3 is 0 Å². The third kappa shape index (κ3) is 4.62. The van der Waals surface area contributed by atoms with E-state index in [2.05, 4.69) is 15.9 Å². The van der Waals surface area contributed by atoms with E-state index in [1.54, 1.807) is 0 Å². The number of nitrogens with two attached hydrogens (primary N) is 1. The molecule has 15 heavy (non-hydrogen) atoms. The molecule has 2 nitrogen and oxygen atoms in total. The fourth-order valence-corrected chi connectivity index (χ4v) is 1.53. The molecule has 0 saturated carbocycles. The highest BCUT2D eigenvalue weighted by Crippen LogP contribution is 2.21. The van der Waals surface area contributed by atoms with Gasteiger partial charge in [0.25, 0.3) is 0 Å². The number of aryl methyl sites for hydroxylation is 1. The molecule has 0 aliphatic rings. The van der Waals surface area contributed by atoms with E-state index in [0.717, 1.165) is 23.1 Å². The Bertz CT molecular complexity index is 354. The predicted molar refractivity (Wildman–Crippen MR) is 70.4 cm³/mol. The summed E-state index contributed by atoms with van der Waals surface area (Å²) in [5, 5.41) is 0. The van der Waals surface area contributed by atoms with Crippen LogP contribution in [0.3, 0.4) is 0 Å². The van der Waals surface area contributed by atoms with Crippen LogP contribution in [0.25, 0.3) is 0 Å². The van der Waals surface area contributed by atoms with Gasteiger partial charge in [-0.3, -0.25) is 0 Å². The molecule has 0 unspecified atom stereocenters. The second-order valence-electron chi connectivity index (χ2n) is 3.33. The zero-order valence-electron chi connectivity index (χ0n) is 8.63. The Hall–Kier alpha value is -0.610. The second kappa shape index (κ2) is 6.08. The topological polar surface area (TPSA) is 35.2 Å². The first-order chi connectivity index (χ1) is 7.09. The molecule has 0 bridgehead atoms. The maximum Gasteiger partial charge on any atom is 0.119 e. The van der Waals surface area contributed by atoms with Crippen molar-refractivity contribution in [1.82, 2.24) is 0 Å². The number of rotatable bonds is 5. The molecule has 1 aromatic rings. The molecule has 2 N–H and O–H groups in total. The van der Waals surface area contributed by atoms with Gasteiger partial charge in [0.05, 0.1) is 11.6 Å². The van der Waals surface area contributed by atoms with Crippen molar-refractivity contribution in [3.05, 3.63) is 28.2 Å². The molecule has 4 heteroatoms. The summed E-state index contributed by atoms with van der Waals surface area (Å²) in [6, 6.07) is 5.93. The number of ether oxygens (including phenoxy) is 1. The molecular formula is C11H14BrNOS. The van der Waals surface area contributed by atoms with E-state index in [4.69, 9.17) is 22.7 Å². The average molecular weight is 288 g/mol. The van der Waals surface area contributed by atoms with Crippen molar-refractivity contribution in [1.29, 1.82) is 0 Å².